The van der Waals surface area contributed by atoms with Crippen LogP contribution in [0.25, 0.3) is 0 Å². The second kappa shape index (κ2) is 6.66. The van der Waals surface area contributed by atoms with Gasteiger partial charge in [0.1, 0.15) is 0 Å². The molecule has 2 N–H and O–H groups in total. The third-order valence-electron chi connectivity index (χ3n) is 3.65. The van der Waals surface area contributed by atoms with E-state index in [1.165, 1.54) is 22.6 Å². The summed E-state index contributed by atoms with van der Waals surface area (Å²) in [6, 6.07) is 4.75. The van der Waals surface area contributed by atoms with Gasteiger partial charge in [-0.3, -0.25) is 4.90 Å². The third kappa shape index (κ3) is 3.54. The fourth-order valence-electron chi connectivity index (χ4n) is 2.63. The molecule has 0 amide bonds. The molecule has 0 aromatic carbocycles. The largest absolute Gasteiger partial charge is 0.381 e. The molecule has 2 atom stereocenters. The van der Waals surface area contributed by atoms with Crippen LogP contribution in [-0.4, -0.2) is 38.3 Å². The highest BCUT2D eigenvalue weighted by Gasteiger charge is 2.22. The Hall–Kier alpha value is -0.420. The number of aryl methyl sites for hydroxylation is 1. The SMILES string of the molecule is Cc1ccc(C(CN)N(C)CC2CCCOC2)s1. The first-order chi connectivity index (χ1) is 8.70. The highest BCUT2D eigenvalue weighted by molar-refractivity contribution is 7.12. The molecule has 0 aliphatic carbocycles. The molecule has 0 spiro atoms. The van der Waals surface area contributed by atoms with E-state index in [2.05, 4.69) is 31.0 Å². The maximum atomic E-state index is 5.95. The van der Waals surface area contributed by atoms with E-state index < -0.39 is 0 Å². The van der Waals surface area contributed by atoms with Gasteiger partial charge in [-0.1, -0.05) is 0 Å². The zero-order valence-electron chi connectivity index (χ0n) is 11.4. The van der Waals surface area contributed by atoms with Crippen molar-refractivity contribution in [2.45, 2.75) is 25.8 Å². The highest BCUT2D eigenvalue weighted by Crippen LogP contribution is 2.27. The van der Waals surface area contributed by atoms with Crippen molar-refractivity contribution >= 4 is 11.3 Å². The smallest absolute Gasteiger partial charge is 0.0562 e. The maximum Gasteiger partial charge on any atom is 0.0562 e. The van der Waals surface area contributed by atoms with Gasteiger partial charge in [0.05, 0.1) is 12.6 Å². The molecule has 102 valence electrons. The van der Waals surface area contributed by atoms with E-state index in [1.54, 1.807) is 0 Å². The highest BCUT2D eigenvalue weighted by atomic mass is 32.1. The number of hydrogen-bond acceptors (Lipinski definition) is 4. The number of nitrogens with two attached hydrogens (primary N) is 1. The molecular formula is C14H24N2OS. The van der Waals surface area contributed by atoms with E-state index in [1.807, 2.05) is 11.3 Å². The first kappa shape index (κ1) is 14.0. The third-order valence-corrected chi connectivity index (χ3v) is 4.75. The molecule has 4 heteroatoms. The molecule has 1 aliphatic rings. The summed E-state index contributed by atoms with van der Waals surface area (Å²) >= 11 is 1.86. The van der Waals surface area contributed by atoms with Gasteiger partial charge in [-0.15, -0.1) is 11.3 Å². The molecule has 1 aromatic rings. The molecule has 2 unspecified atom stereocenters. The minimum Gasteiger partial charge on any atom is -0.381 e. The van der Waals surface area contributed by atoms with E-state index in [0.717, 1.165) is 19.8 Å². The number of rotatable bonds is 5. The lowest BCUT2D eigenvalue weighted by Crippen LogP contribution is -2.36. The van der Waals surface area contributed by atoms with Crippen molar-refractivity contribution in [2.24, 2.45) is 11.7 Å². The van der Waals surface area contributed by atoms with Crippen molar-refractivity contribution in [3.8, 4) is 0 Å². The zero-order valence-corrected chi connectivity index (χ0v) is 12.2. The van der Waals surface area contributed by atoms with Crippen molar-refractivity contribution in [1.29, 1.82) is 0 Å². The average molecular weight is 268 g/mol. The molecule has 1 saturated heterocycles. The number of ether oxygens (including phenoxy) is 1. The lowest BCUT2D eigenvalue weighted by molar-refractivity contribution is 0.0367. The van der Waals surface area contributed by atoms with Crippen molar-refractivity contribution in [2.75, 3.05) is 33.4 Å². The van der Waals surface area contributed by atoms with E-state index in [-0.39, 0.29) is 0 Å². The Balaban J connectivity index is 1.94. The monoisotopic (exact) mass is 268 g/mol. The van der Waals surface area contributed by atoms with E-state index in [4.69, 9.17) is 10.5 Å². The second-order valence-electron chi connectivity index (χ2n) is 5.22. The number of hydrogen-bond donors (Lipinski definition) is 1. The zero-order chi connectivity index (χ0) is 13.0. The summed E-state index contributed by atoms with van der Waals surface area (Å²) in [5.74, 6) is 0.666. The minimum atomic E-state index is 0.352. The van der Waals surface area contributed by atoms with Gasteiger partial charge in [0, 0.05) is 29.5 Å². The van der Waals surface area contributed by atoms with Crippen LogP contribution in [0.2, 0.25) is 0 Å². The molecule has 2 rings (SSSR count). The molecule has 0 saturated carbocycles. The second-order valence-corrected chi connectivity index (χ2v) is 6.54. The lowest BCUT2D eigenvalue weighted by Gasteiger charge is -2.31. The molecule has 1 aromatic heterocycles. The maximum absolute atomic E-state index is 5.95. The van der Waals surface area contributed by atoms with Crippen LogP contribution in [0.3, 0.4) is 0 Å². The first-order valence-electron chi connectivity index (χ1n) is 6.75. The standard InChI is InChI=1S/C14H24N2OS/c1-11-5-6-14(18-11)13(8-15)16(2)9-12-4-3-7-17-10-12/h5-6,12-13H,3-4,7-10,15H2,1-2H3. The Morgan fingerprint density at radius 1 is 1.56 bits per heavy atom. The summed E-state index contributed by atoms with van der Waals surface area (Å²) in [6.07, 6.45) is 2.48. The summed E-state index contributed by atoms with van der Waals surface area (Å²) in [5, 5.41) is 0. The molecule has 1 fully saturated rings. The Morgan fingerprint density at radius 3 is 2.94 bits per heavy atom. The van der Waals surface area contributed by atoms with Crippen LogP contribution >= 0.6 is 11.3 Å². The Kier molecular flexibility index (Phi) is 5.18. The number of thiophene rings is 1. The van der Waals surface area contributed by atoms with Crippen molar-refractivity contribution in [3.63, 3.8) is 0 Å². The normalized spacial score (nSPS) is 22.3. The fraction of sp³-hybridized carbons (Fsp3) is 0.714. The molecule has 18 heavy (non-hydrogen) atoms. The van der Waals surface area contributed by atoms with Crippen LogP contribution in [0, 0.1) is 12.8 Å². The summed E-state index contributed by atoms with van der Waals surface area (Å²) in [6.45, 7) is 5.76. The van der Waals surface area contributed by atoms with Gasteiger partial charge in [-0.05, 0) is 44.9 Å². The molecule has 0 bridgehead atoms. The topological polar surface area (TPSA) is 38.5 Å². The van der Waals surface area contributed by atoms with Gasteiger partial charge >= 0.3 is 0 Å². The van der Waals surface area contributed by atoms with Crippen molar-refractivity contribution in [3.05, 3.63) is 21.9 Å². The predicted octanol–water partition coefficient (Wildman–Crippen LogP) is 2.41. The van der Waals surface area contributed by atoms with Crippen LogP contribution in [0.1, 0.15) is 28.6 Å². The summed E-state index contributed by atoms with van der Waals surface area (Å²) in [5.41, 5.74) is 5.95. The average Bonchev–Trinajstić information content (AvgIpc) is 2.78. The van der Waals surface area contributed by atoms with Crippen LogP contribution < -0.4 is 5.73 Å². The minimum absolute atomic E-state index is 0.352. The summed E-state index contributed by atoms with van der Waals surface area (Å²) in [7, 11) is 2.18. The van der Waals surface area contributed by atoms with E-state index in [0.29, 0.717) is 18.5 Å². The number of nitrogens with zero attached hydrogens (tertiary/aromatic N) is 1. The van der Waals surface area contributed by atoms with Gasteiger partial charge in [0.25, 0.3) is 0 Å². The predicted molar refractivity (Wildman–Crippen MR) is 77.0 cm³/mol. The first-order valence-corrected chi connectivity index (χ1v) is 7.56. The molecule has 0 radical (unpaired) electrons. The van der Waals surface area contributed by atoms with Gasteiger partial charge in [0.2, 0.25) is 0 Å². The van der Waals surface area contributed by atoms with Crippen LogP contribution in [0.4, 0.5) is 0 Å². The van der Waals surface area contributed by atoms with Crippen LogP contribution in [0.5, 0.6) is 0 Å². The van der Waals surface area contributed by atoms with Gasteiger partial charge in [0.15, 0.2) is 0 Å². The van der Waals surface area contributed by atoms with Crippen molar-refractivity contribution in [1.82, 2.24) is 4.90 Å². The Labute approximate surface area is 114 Å². The van der Waals surface area contributed by atoms with Crippen molar-refractivity contribution < 1.29 is 4.74 Å². The molecule has 3 nitrogen and oxygen atoms in total. The molecular weight excluding hydrogens is 244 g/mol. The van der Waals surface area contributed by atoms with Gasteiger partial charge in [-0.2, -0.15) is 0 Å². The summed E-state index contributed by atoms with van der Waals surface area (Å²) < 4.78 is 5.55. The van der Waals surface area contributed by atoms with Gasteiger partial charge in [-0.25, -0.2) is 0 Å². The molecule has 1 aliphatic heterocycles. The summed E-state index contributed by atoms with van der Waals surface area (Å²) in [4.78, 5) is 5.14. The van der Waals surface area contributed by atoms with Gasteiger partial charge < -0.3 is 10.5 Å². The Morgan fingerprint density at radius 2 is 2.39 bits per heavy atom. The quantitative estimate of drug-likeness (QED) is 0.891. The number of likely N-dealkylation sites (N-methyl/N-ethyl adjacent to an activating group) is 1. The van der Waals surface area contributed by atoms with Crippen LogP contribution in [0.15, 0.2) is 12.1 Å². The lowest BCUT2D eigenvalue weighted by atomic mass is 10.0. The molecule has 2 heterocycles. The van der Waals surface area contributed by atoms with E-state index in [9.17, 15) is 0 Å². The van der Waals surface area contributed by atoms with E-state index >= 15 is 0 Å². The fourth-order valence-corrected chi connectivity index (χ4v) is 3.69. The van der Waals surface area contributed by atoms with Crippen LogP contribution in [-0.2, 0) is 4.74 Å². The Bertz CT molecular complexity index is 360.